The molecule has 3 aromatic rings. The highest BCUT2D eigenvalue weighted by atomic mass is 35.5. The number of rotatable bonds is 6. The molecule has 3 aromatic carbocycles. The Morgan fingerprint density at radius 2 is 1.52 bits per heavy atom. The number of hydrogen-bond donors (Lipinski definition) is 1. The summed E-state index contributed by atoms with van der Waals surface area (Å²) in [7, 11) is -3.59. The molecular weight excluding hydrogens is 454 g/mol. The molecule has 1 heterocycles. The number of hydrogen-bond acceptors (Lipinski definition) is 4. The van der Waals surface area contributed by atoms with Crippen molar-refractivity contribution >= 4 is 21.6 Å². The summed E-state index contributed by atoms with van der Waals surface area (Å²) in [5.41, 5.74) is 3.73. The van der Waals surface area contributed by atoms with E-state index in [9.17, 15) is 8.42 Å². The van der Waals surface area contributed by atoms with Crippen molar-refractivity contribution in [3.63, 3.8) is 0 Å². The third kappa shape index (κ3) is 5.00. The van der Waals surface area contributed by atoms with Crippen molar-refractivity contribution in [3.8, 4) is 0 Å². The maximum Gasteiger partial charge on any atom is 0.240 e. The first-order valence-corrected chi connectivity index (χ1v) is 13.2. The van der Waals surface area contributed by atoms with Gasteiger partial charge in [-0.1, -0.05) is 66.2 Å². The lowest BCUT2D eigenvalue weighted by molar-refractivity contribution is 0.0829. The fourth-order valence-corrected chi connectivity index (χ4v) is 6.43. The van der Waals surface area contributed by atoms with Crippen LogP contribution in [0.1, 0.15) is 22.7 Å². The number of nitrogens with zero attached hydrogens (tertiary/aromatic N) is 2. The third-order valence-corrected chi connectivity index (χ3v) is 8.43. The normalized spacial score (nSPS) is 21.7. The Balaban J connectivity index is 1.31. The predicted octanol–water partition coefficient (Wildman–Crippen LogP) is 4.10. The maximum atomic E-state index is 13.1. The van der Waals surface area contributed by atoms with Gasteiger partial charge in [-0.3, -0.25) is 9.80 Å². The molecule has 0 aromatic heterocycles. The van der Waals surface area contributed by atoms with E-state index >= 15 is 0 Å². The van der Waals surface area contributed by atoms with Crippen LogP contribution in [0.25, 0.3) is 0 Å². The van der Waals surface area contributed by atoms with E-state index in [0.29, 0.717) is 11.3 Å². The minimum absolute atomic E-state index is 0.0392. The quantitative estimate of drug-likeness (QED) is 0.576. The highest BCUT2D eigenvalue weighted by molar-refractivity contribution is 7.89. The van der Waals surface area contributed by atoms with E-state index in [4.69, 9.17) is 11.6 Å². The first kappa shape index (κ1) is 22.6. The Hall–Kier alpha value is -2.22. The van der Waals surface area contributed by atoms with Crippen LogP contribution in [0.4, 0.5) is 0 Å². The molecule has 5 nitrogen and oxygen atoms in total. The van der Waals surface area contributed by atoms with Gasteiger partial charge in [0.2, 0.25) is 10.0 Å². The van der Waals surface area contributed by atoms with Crippen molar-refractivity contribution in [3.05, 3.63) is 101 Å². The first-order valence-electron chi connectivity index (χ1n) is 11.4. The maximum absolute atomic E-state index is 13.1. The van der Waals surface area contributed by atoms with Crippen LogP contribution >= 0.6 is 11.6 Å². The molecule has 7 heteroatoms. The van der Waals surface area contributed by atoms with Gasteiger partial charge in [0.25, 0.3) is 0 Å². The summed E-state index contributed by atoms with van der Waals surface area (Å²) < 4.78 is 29.2. The van der Waals surface area contributed by atoms with Crippen molar-refractivity contribution < 1.29 is 8.42 Å². The lowest BCUT2D eigenvalue weighted by Gasteiger charge is -2.40. The average Bonchev–Trinajstić information content (AvgIpc) is 3.19. The molecule has 1 N–H and O–H groups in total. The number of fused-ring (bicyclic) bond motifs is 1. The van der Waals surface area contributed by atoms with Gasteiger partial charge in [-0.15, -0.1) is 0 Å². The molecular formula is C26H28ClN3O2S. The molecule has 1 aliphatic heterocycles. The van der Waals surface area contributed by atoms with Gasteiger partial charge < -0.3 is 0 Å². The average molecular weight is 482 g/mol. The molecule has 2 aliphatic rings. The smallest absolute Gasteiger partial charge is 0.240 e. The lowest BCUT2D eigenvalue weighted by Crippen LogP contribution is -2.51. The second-order valence-electron chi connectivity index (χ2n) is 8.83. The number of benzene rings is 3. The van der Waals surface area contributed by atoms with E-state index in [2.05, 4.69) is 44.9 Å². The minimum Gasteiger partial charge on any atom is -0.297 e. The molecule has 0 radical (unpaired) electrons. The zero-order valence-corrected chi connectivity index (χ0v) is 20.0. The number of piperazine rings is 1. The van der Waals surface area contributed by atoms with Crippen LogP contribution in [0.5, 0.6) is 0 Å². The van der Waals surface area contributed by atoms with Crippen molar-refractivity contribution in [1.82, 2.24) is 14.5 Å². The Morgan fingerprint density at radius 3 is 2.24 bits per heavy atom. The van der Waals surface area contributed by atoms with Gasteiger partial charge in [-0.05, 0) is 47.4 Å². The van der Waals surface area contributed by atoms with Crippen LogP contribution in [0.3, 0.4) is 0 Å². The fourth-order valence-electron chi connectivity index (χ4n) is 5.05. The molecule has 33 heavy (non-hydrogen) atoms. The van der Waals surface area contributed by atoms with Gasteiger partial charge >= 0.3 is 0 Å². The van der Waals surface area contributed by atoms with Gasteiger partial charge in [0.1, 0.15) is 0 Å². The van der Waals surface area contributed by atoms with Crippen LogP contribution in [-0.2, 0) is 23.0 Å². The summed E-state index contributed by atoms with van der Waals surface area (Å²) >= 11 is 6.02. The Kier molecular flexibility index (Phi) is 6.54. The van der Waals surface area contributed by atoms with Crippen LogP contribution < -0.4 is 4.72 Å². The molecule has 1 fully saturated rings. The summed E-state index contributed by atoms with van der Waals surface area (Å²) in [6.45, 7) is 4.58. The zero-order chi connectivity index (χ0) is 22.8. The van der Waals surface area contributed by atoms with E-state index < -0.39 is 10.0 Å². The molecule has 0 unspecified atom stereocenters. The molecule has 0 saturated carbocycles. The predicted molar refractivity (Wildman–Crippen MR) is 132 cm³/mol. The second kappa shape index (κ2) is 9.57. The molecule has 172 valence electrons. The zero-order valence-electron chi connectivity index (χ0n) is 18.4. The van der Waals surface area contributed by atoms with Gasteiger partial charge in [0.15, 0.2) is 0 Å². The standard InChI is InChI=1S/C26H28ClN3O2S/c27-22-12-10-20(11-13-22)19-29-14-16-30(17-15-29)26-24-9-5-4-6-21(24)18-25(26)28-33(31,32)23-7-2-1-3-8-23/h1-13,25-26,28H,14-19H2/t25-,26+/m0/s1. The largest absolute Gasteiger partial charge is 0.297 e. The van der Waals surface area contributed by atoms with Gasteiger partial charge in [0, 0.05) is 43.8 Å². The lowest BCUT2D eigenvalue weighted by atomic mass is 10.0. The Bertz CT molecular complexity index is 1190. The van der Waals surface area contributed by atoms with Crippen LogP contribution in [0, 0.1) is 0 Å². The van der Waals surface area contributed by atoms with Crippen LogP contribution in [-0.4, -0.2) is 50.4 Å². The van der Waals surface area contributed by atoms with Crippen molar-refractivity contribution in [2.75, 3.05) is 26.2 Å². The van der Waals surface area contributed by atoms with E-state index in [0.717, 1.165) is 37.7 Å². The molecule has 1 aliphatic carbocycles. The summed E-state index contributed by atoms with van der Waals surface area (Å²) in [4.78, 5) is 5.21. The van der Waals surface area contributed by atoms with Crippen molar-refractivity contribution in [2.24, 2.45) is 0 Å². The highest BCUT2D eigenvalue weighted by Gasteiger charge is 2.39. The van der Waals surface area contributed by atoms with Crippen molar-refractivity contribution in [2.45, 2.75) is 29.9 Å². The molecule has 0 spiro atoms. The number of nitrogens with one attached hydrogen (secondary N) is 1. The summed E-state index contributed by atoms with van der Waals surface area (Å²) in [5.74, 6) is 0. The molecule has 5 rings (SSSR count). The molecule has 0 amide bonds. The molecule has 2 atom stereocenters. The van der Waals surface area contributed by atoms with Gasteiger partial charge in [-0.25, -0.2) is 13.1 Å². The van der Waals surface area contributed by atoms with Gasteiger partial charge in [0.05, 0.1) is 10.9 Å². The number of halogens is 1. The van der Waals surface area contributed by atoms with Gasteiger partial charge in [-0.2, -0.15) is 0 Å². The van der Waals surface area contributed by atoms with E-state index in [1.807, 2.05) is 24.3 Å². The van der Waals surface area contributed by atoms with E-state index in [1.54, 1.807) is 24.3 Å². The monoisotopic (exact) mass is 481 g/mol. The highest BCUT2D eigenvalue weighted by Crippen LogP contribution is 2.37. The van der Waals surface area contributed by atoms with Crippen LogP contribution in [0.15, 0.2) is 83.8 Å². The molecule has 1 saturated heterocycles. The third-order valence-electron chi connectivity index (χ3n) is 6.67. The fraction of sp³-hybridized carbons (Fsp3) is 0.308. The second-order valence-corrected chi connectivity index (χ2v) is 11.0. The Labute approximate surface area is 201 Å². The molecule has 0 bridgehead atoms. The summed E-state index contributed by atoms with van der Waals surface area (Å²) in [6, 6.07) is 24.9. The summed E-state index contributed by atoms with van der Waals surface area (Å²) in [6.07, 6.45) is 0.706. The number of sulfonamides is 1. The SMILES string of the molecule is O=S(=O)(N[C@H]1Cc2ccccc2[C@H]1N1CCN(Cc2ccc(Cl)cc2)CC1)c1ccccc1. The van der Waals surface area contributed by atoms with E-state index in [-0.39, 0.29) is 12.1 Å². The van der Waals surface area contributed by atoms with Crippen molar-refractivity contribution in [1.29, 1.82) is 0 Å². The Morgan fingerprint density at radius 1 is 0.848 bits per heavy atom. The summed E-state index contributed by atoms with van der Waals surface area (Å²) in [5, 5.41) is 0.757. The first-order chi connectivity index (χ1) is 16.0. The minimum atomic E-state index is -3.59. The van der Waals surface area contributed by atoms with E-state index in [1.165, 1.54) is 16.7 Å². The topological polar surface area (TPSA) is 52.7 Å². The van der Waals surface area contributed by atoms with Crippen LogP contribution in [0.2, 0.25) is 5.02 Å².